The number of hydrogen-bond donors (Lipinski definition) is 0. The van der Waals surface area contributed by atoms with Crippen molar-refractivity contribution in [3.63, 3.8) is 0 Å². The van der Waals surface area contributed by atoms with Gasteiger partial charge in [-0.05, 0) is 49.3 Å². The number of carbonyl (C=O) groups is 1. The topological polar surface area (TPSA) is 55.3 Å². The van der Waals surface area contributed by atoms with Crippen molar-refractivity contribution in [2.45, 2.75) is 32.0 Å². The Hall–Kier alpha value is -3.42. The molecule has 3 atom stereocenters. The van der Waals surface area contributed by atoms with E-state index in [0.717, 1.165) is 41.9 Å². The van der Waals surface area contributed by atoms with E-state index in [1.165, 1.54) is 6.07 Å². The van der Waals surface area contributed by atoms with Gasteiger partial charge in [0, 0.05) is 30.1 Å². The number of pyridine rings is 2. The van der Waals surface area contributed by atoms with E-state index >= 15 is 0 Å². The molecular weight excluding hydrogens is 443 g/mol. The lowest BCUT2D eigenvalue weighted by molar-refractivity contribution is -0.137. The molecule has 8 heteroatoms. The lowest BCUT2D eigenvalue weighted by Crippen LogP contribution is -2.48. The van der Waals surface area contributed by atoms with Crippen molar-refractivity contribution in [2.24, 2.45) is 11.8 Å². The van der Waals surface area contributed by atoms with E-state index in [1.54, 1.807) is 0 Å². The van der Waals surface area contributed by atoms with Gasteiger partial charge in [-0.25, -0.2) is 9.97 Å². The number of fused-ring (bicyclic) bond motifs is 1. The van der Waals surface area contributed by atoms with Gasteiger partial charge in [0.05, 0.1) is 11.6 Å². The zero-order valence-electron chi connectivity index (χ0n) is 18.6. The van der Waals surface area contributed by atoms with Gasteiger partial charge in [0.25, 0.3) is 5.91 Å². The second-order valence-corrected chi connectivity index (χ2v) is 9.01. The Labute approximate surface area is 195 Å². The number of alkyl halides is 3. The van der Waals surface area contributed by atoms with Crippen molar-refractivity contribution in [3.8, 4) is 17.0 Å². The summed E-state index contributed by atoms with van der Waals surface area (Å²) >= 11 is 0. The van der Waals surface area contributed by atoms with E-state index in [4.69, 9.17) is 4.74 Å². The molecule has 1 unspecified atom stereocenters. The molecule has 1 aromatic carbocycles. The third-order valence-electron chi connectivity index (χ3n) is 6.59. The van der Waals surface area contributed by atoms with Crippen LogP contribution >= 0.6 is 0 Å². The fraction of sp³-hybridized carbons (Fsp3) is 0.346. The summed E-state index contributed by atoms with van der Waals surface area (Å²) in [5, 5.41) is 0. The summed E-state index contributed by atoms with van der Waals surface area (Å²) < 4.78 is 44.1. The Morgan fingerprint density at radius 3 is 2.56 bits per heavy atom. The number of hydrogen-bond acceptors (Lipinski definition) is 4. The molecule has 0 N–H and O–H groups in total. The number of aromatic nitrogens is 2. The van der Waals surface area contributed by atoms with E-state index in [2.05, 4.69) is 9.97 Å². The van der Waals surface area contributed by atoms with Crippen molar-refractivity contribution < 1.29 is 22.7 Å². The van der Waals surface area contributed by atoms with E-state index in [0.29, 0.717) is 24.1 Å². The van der Waals surface area contributed by atoms with E-state index in [-0.39, 0.29) is 24.4 Å². The monoisotopic (exact) mass is 467 g/mol. The average molecular weight is 467 g/mol. The van der Waals surface area contributed by atoms with Gasteiger partial charge in [0.15, 0.2) is 0 Å². The van der Waals surface area contributed by atoms with Crippen LogP contribution in [0.5, 0.6) is 5.88 Å². The van der Waals surface area contributed by atoms with Gasteiger partial charge >= 0.3 is 6.18 Å². The number of ether oxygens (including phenoxy) is 1. The first-order chi connectivity index (χ1) is 16.3. The molecule has 1 aliphatic heterocycles. The zero-order chi connectivity index (χ0) is 23.9. The number of halogens is 3. The van der Waals surface area contributed by atoms with E-state index < -0.39 is 11.7 Å². The summed E-state index contributed by atoms with van der Waals surface area (Å²) in [6.07, 6.45) is -1.82. The lowest BCUT2D eigenvalue weighted by atomic mass is 9.99. The number of rotatable bonds is 5. The molecule has 5 nitrogen and oxygen atoms in total. The first-order valence-electron chi connectivity index (χ1n) is 11.3. The second-order valence-electron chi connectivity index (χ2n) is 9.01. The number of piperidine rings is 1. The smallest absolute Gasteiger partial charge is 0.417 e. The van der Waals surface area contributed by atoms with Crippen LogP contribution in [0.25, 0.3) is 11.1 Å². The maximum atomic E-state index is 13.8. The Morgan fingerprint density at radius 2 is 1.85 bits per heavy atom. The summed E-state index contributed by atoms with van der Waals surface area (Å²) in [6, 6.07) is 15.5. The van der Waals surface area contributed by atoms with Gasteiger partial charge in [-0.2, -0.15) is 13.2 Å². The van der Waals surface area contributed by atoms with E-state index in [9.17, 15) is 18.0 Å². The predicted octanol–water partition coefficient (Wildman–Crippen LogP) is 5.40. The standard InChI is InChI=1S/C26H24F3N3O2/c1-16-7-9-22(17-5-3-2-4-6-17)24(31-16)25(33)32-14-19-11-18(19)12-21(32)15-34-23-10-8-20(13-30-23)26(27,28)29/h2-10,13,18-19,21H,11-12,14-15H2,1H3/t18-,19+,21?/m1/s1. The molecule has 1 saturated heterocycles. The highest BCUT2D eigenvalue weighted by Crippen LogP contribution is 2.47. The number of benzene rings is 1. The highest BCUT2D eigenvalue weighted by Gasteiger charge is 2.47. The quantitative estimate of drug-likeness (QED) is 0.504. The van der Waals surface area contributed by atoms with Crippen LogP contribution in [0, 0.1) is 18.8 Å². The first-order valence-corrected chi connectivity index (χ1v) is 11.3. The van der Waals surface area contributed by atoms with Crippen LogP contribution in [-0.4, -0.2) is 40.0 Å². The van der Waals surface area contributed by atoms with Crippen LogP contribution in [-0.2, 0) is 6.18 Å². The summed E-state index contributed by atoms with van der Waals surface area (Å²) in [5.41, 5.74) is 2.03. The minimum Gasteiger partial charge on any atom is -0.475 e. The van der Waals surface area contributed by atoms with Crippen LogP contribution in [0.4, 0.5) is 13.2 Å². The van der Waals surface area contributed by atoms with Gasteiger partial charge in [-0.3, -0.25) is 4.79 Å². The van der Waals surface area contributed by atoms with Gasteiger partial charge < -0.3 is 9.64 Å². The Morgan fingerprint density at radius 1 is 1.06 bits per heavy atom. The molecule has 0 radical (unpaired) electrons. The average Bonchev–Trinajstić information content (AvgIpc) is 3.60. The molecule has 34 heavy (non-hydrogen) atoms. The van der Waals surface area contributed by atoms with Crippen LogP contribution < -0.4 is 4.74 Å². The van der Waals surface area contributed by atoms with Crippen LogP contribution in [0.1, 0.15) is 34.6 Å². The van der Waals surface area contributed by atoms with Crippen LogP contribution in [0.2, 0.25) is 0 Å². The second kappa shape index (κ2) is 8.74. The molecule has 1 aliphatic carbocycles. The fourth-order valence-electron chi connectivity index (χ4n) is 4.63. The minimum atomic E-state index is -4.45. The molecule has 2 aliphatic rings. The Kier molecular flexibility index (Phi) is 5.75. The van der Waals surface area contributed by atoms with Gasteiger partial charge in [0.2, 0.25) is 5.88 Å². The molecule has 3 heterocycles. The number of likely N-dealkylation sites (tertiary alicyclic amines) is 1. The zero-order valence-corrected chi connectivity index (χ0v) is 18.6. The maximum absolute atomic E-state index is 13.8. The van der Waals surface area contributed by atoms with Gasteiger partial charge in [-0.15, -0.1) is 0 Å². The number of nitrogens with zero attached hydrogens (tertiary/aromatic N) is 3. The van der Waals surface area contributed by atoms with Crippen molar-refractivity contribution in [1.29, 1.82) is 0 Å². The molecule has 1 amide bonds. The number of amides is 1. The fourth-order valence-corrected chi connectivity index (χ4v) is 4.63. The molecule has 1 saturated carbocycles. The summed E-state index contributed by atoms with van der Waals surface area (Å²) in [6.45, 7) is 2.65. The highest BCUT2D eigenvalue weighted by molar-refractivity contribution is 5.99. The maximum Gasteiger partial charge on any atom is 0.417 e. The molecule has 176 valence electrons. The molecule has 0 bridgehead atoms. The molecule has 5 rings (SSSR count). The summed E-state index contributed by atoms with van der Waals surface area (Å²) in [4.78, 5) is 24.0. The normalized spacial score (nSPS) is 21.6. The van der Waals surface area contributed by atoms with Gasteiger partial charge in [0.1, 0.15) is 12.3 Å². The Balaban J connectivity index is 1.37. The molecule has 2 aromatic heterocycles. The van der Waals surface area contributed by atoms with Crippen molar-refractivity contribution in [3.05, 3.63) is 77.7 Å². The Bertz CT molecular complexity index is 1180. The third kappa shape index (κ3) is 4.62. The van der Waals surface area contributed by atoms with Gasteiger partial charge in [-0.1, -0.05) is 36.4 Å². The SMILES string of the molecule is Cc1ccc(-c2ccccc2)c(C(=O)N2C[C@@H]3C[C@@H]3CC2COc2ccc(C(F)(F)F)cn2)n1. The highest BCUT2D eigenvalue weighted by atomic mass is 19.4. The molecule has 3 aromatic rings. The number of carbonyl (C=O) groups excluding carboxylic acids is 1. The van der Waals surface area contributed by atoms with Crippen LogP contribution in [0.15, 0.2) is 60.8 Å². The molecule has 0 spiro atoms. The largest absolute Gasteiger partial charge is 0.475 e. The van der Waals surface area contributed by atoms with Crippen molar-refractivity contribution in [1.82, 2.24) is 14.9 Å². The van der Waals surface area contributed by atoms with Crippen LogP contribution in [0.3, 0.4) is 0 Å². The summed E-state index contributed by atoms with van der Waals surface area (Å²) in [7, 11) is 0. The van der Waals surface area contributed by atoms with Crippen molar-refractivity contribution >= 4 is 5.91 Å². The molecular formula is C26H24F3N3O2. The third-order valence-corrected chi connectivity index (χ3v) is 6.59. The molecule has 2 fully saturated rings. The van der Waals surface area contributed by atoms with E-state index in [1.807, 2.05) is 54.3 Å². The number of aryl methyl sites for hydroxylation is 1. The lowest BCUT2D eigenvalue weighted by Gasteiger charge is -2.35. The predicted molar refractivity (Wildman–Crippen MR) is 120 cm³/mol. The minimum absolute atomic E-state index is 0.108. The first kappa shape index (κ1) is 22.4. The van der Waals surface area contributed by atoms with Crippen molar-refractivity contribution in [2.75, 3.05) is 13.2 Å². The summed E-state index contributed by atoms with van der Waals surface area (Å²) in [5.74, 6) is 0.991.